The number of carboxylic acid groups (broad SMARTS) is 1. The zero-order valence-corrected chi connectivity index (χ0v) is 12.6. The van der Waals surface area contributed by atoms with Crippen LogP contribution in [0.5, 0.6) is 11.5 Å². The molecule has 0 spiro atoms. The van der Waals surface area contributed by atoms with Crippen LogP contribution in [0.2, 0.25) is 0 Å². The molecule has 6 heteroatoms. The molecular weight excluding hydrogens is 298 g/mol. The summed E-state index contributed by atoms with van der Waals surface area (Å²) in [6.45, 7) is 0.613. The normalized spacial score (nSPS) is 10.8. The van der Waals surface area contributed by atoms with Crippen LogP contribution in [-0.4, -0.2) is 37.6 Å². The Kier molecular flexibility index (Phi) is 5.71. The number of aliphatic imine (C=N–C) groups is 1. The number of carboxylic acids is 1. The number of rotatable bonds is 7. The molecule has 0 aliphatic rings. The van der Waals surface area contributed by atoms with Crippen LogP contribution in [0.3, 0.4) is 0 Å². The van der Waals surface area contributed by atoms with Crippen molar-refractivity contribution in [3.8, 4) is 11.5 Å². The molecule has 0 unspecified atom stereocenters. The van der Waals surface area contributed by atoms with Crippen molar-refractivity contribution in [2.24, 2.45) is 4.99 Å². The summed E-state index contributed by atoms with van der Waals surface area (Å²) in [6.07, 6.45) is 1.41. The smallest absolute Gasteiger partial charge is 0.339 e. The summed E-state index contributed by atoms with van der Waals surface area (Å²) in [7, 11) is 1.53. The topological polar surface area (TPSA) is 91.2 Å². The van der Waals surface area contributed by atoms with Gasteiger partial charge in [-0.3, -0.25) is 4.99 Å². The summed E-state index contributed by atoms with van der Waals surface area (Å²) in [5.74, 6) is -1.01. The fourth-order valence-electron chi connectivity index (χ4n) is 1.86. The predicted octanol–water partition coefficient (Wildman–Crippen LogP) is 2.23. The highest BCUT2D eigenvalue weighted by Gasteiger charge is 2.12. The van der Waals surface area contributed by atoms with E-state index >= 15 is 0 Å². The fourth-order valence-corrected chi connectivity index (χ4v) is 1.86. The molecule has 0 bridgehead atoms. The van der Waals surface area contributed by atoms with E-state index in [4.69, 9.17) is 9.47 Å². The molecule has 6 nitrogen and oxygen atoms in total. The number of para-hydroxylation sites is 1. The van der Waals surface area contributed by atoms with E-state index < -0.39 is 5.97 Å². The van der Waals surface area contributed by atoms with Crippen molar-refractivity contribution >= 4 is 17.9 Å². The van der Waals surface area contributed by atoms with Crippen LogP contribution in [-0.2, 0) is 4.74 Å². The van der Waals surface area contributed by atoms with Gasteiger partial charge in [0.2, 0.25) is 0 Å². The lowest BCUT2D eigenvalue weighted by Crippen LogP contribution is -2.08. The Morgan fingerprint density at radius 3 is 2.74 bits per heavy atom. The SMILES string of the molecule is COCCOc1ccc(N=Cc2ccccc2[O-])cc1C(=O)O. The number of carbonyl (C=O) groups is 1. The maximum Gasteiger partial charge on any atom is 0.339 e. The second-order valence-corrected chi connectivity index (χ2v) is 4.62. The molecule has 0 aliphatic carbocycles. The van der Waals surface area contributed by atoms with Crippen LogP contribution < -0.4 is 9.84 Å². The first-order chi connectivity index (χ1) is 11.1. The van der Waals surface area contributed by atoms with Crippen molar-refractivity contribution in [1.82, 2.24) is 0 Å². The highest BCUT2D eigenvalue weighted by Crippen LogP contribution is 2.25. The van der Waals surface area contributed by atoms with E-state index in [1.807, 2.05) is 0 Å². The molecule has 120 valence electrons. The van der Waals surface area contributed by atoms with E-state index in [1.54, 1.807) is 24.3 Å². The maximum absolute atomic E-state index is 11.6. The molecule has 0 atom stereocenters. The lowest BCUT2D eigenvalue weighted by Gasteiger charge is -2.10. The average molecular weight is 314 g/mol. The molecular formula is C17H16NO5-. The zero-order valence-electron chi connectivity index (χ0n) is 12.6. The van der Waals surface area contributed by atoms with Gasteiger partial charge in [0.1, 0.15) is 17.9 Å². The molecule has 0 aromatic heterocycles. The molecule has 0 saturated heterocycles. The van der Waals surface area contributed by atoms with Gasteiger partial charge in [-0.1, -0.05) is 24.3 Å². The van der Waals surface area contributed by atoms with Crippen molar-refractivity contribution in [2.45, 2.75) is 0 Å². The lowest BCUT2D eigenvalue weighted by atomic mass is 10.1. The second kappa shape index (κ2) is 7.95. The number of hydrogen-bond acceptors (Lipinski definition) is 5. The Hall–Kier alpha value is -2.86. The number of ether oxygens (including phenoxy) is 2. The molecule has 0 fully saturated rings. The summed E-state index contributed by atoms with van der Waals surface area (Å²) < 4.78 is 10.2. The third-order valence-electron chi connectivity index (χ3n) is 3.01. The third kappa shape index (κ3) is 4.55. The molecule has 2 rings (SSSR count). The van der Waals surface area contributed by atoms with Crippen molar-refractivity contribution in [2.75, 3.05) is 20.3 Å². The van der Waals surface area contributed by atoms with Crippen molar-refractivity contribution in [1.29, 1.82) is 0 Å². The average Bonchev–Trinajstić information content (AvgIpc) is 2.55. The largest absolute Gasteiger partial charge is 0.872 e. The maximum atomic E-state index is 11.6. The molecule has 0 radical (unpaired) electrons. The fraction of sp³-hybridized carbons (Fsp3) is 0.176. The highest BCUT2D eigenvalue weighted by molar-refractivity contribution is 5.92. The van der Waals surface area contributed by atoms with Gasteiger partial charge in [0.15, 0.2) is 0 Å². The zero-order chi connectivity index (χ0) is 16.7. The number of benzene rings is 2. The molecule has 2 aromatic rings. The molecule has 0 amide bonds. The number of aromatic carboxylic acids is 1. The molecule has 0 aliphatic heterocycles. The monoisotopic (exact) mass is 314 g/mol. The van der Waals surface area contributed by atoms with E-state index in [9.17, 15) is 15.0 Å². The number of nitrogens with zero attached hydrogens (tertiary/aromatic N) is 1. The molecule has 2 aromatic carbocycles. The quantitative estimate of drug-likeness (QED) is 0.625. The van der Waals surface area contributed by atoms with E-state index in [0.717, 1.165) is 0 Å². The minimum Gasteiger partial charge on any atom is -0.872 e. The molecule has 23 heavy (non-hydrogen) atoms. The molecule has 0 heterocycles. The van der Waals surface area contributed by atoms with Gasteiger partial charge in [0, 0.05) is 13.3 Å². The van der Waals surface area contributed by atoms with Crippen LogP contribution in [0.15, 0.2) is 47.5 Å². The van der Waals surface area contributed by atoms with Crippen LogP contribution in [0.4, 0.5) is 5.69 Å². The first kappa shape index (κ1) is 16.5. The predicted molar refractivity (Wildman–Crippen MR) is 83.9 cm³/mol. The summed E-state index contributed by atoms with van der Waals surface area (Å²) in [4.78, 5) is 15.5. The van der Waals surface area contributed by atoms with Crippen molar-refractivity contribution in [3.63, 3.8) is 0 Å². The van der Waals surface area contributed by atoms with Gasteiger partial charge < -0.3 is 19.7 Å². The van der Waals surface area contributed by atoms with E-state index in [1.165, 1.54) is 31.5 Å². The highest BCUT2D eigenvalue weighted by atomic mass is 16.5. The Bertz CT molecular complexity index is 712. The van der Waals surface area contributed by atoms with E-state index in [-0.39, 0.29) is 23.7 Å². The van der Waals surface area contributed by atoms with Gasteiger partial charge in [-0.15, -0.1) is 5.75 Å². The first-order valence-electron chi connectivity index (χ1n) is 6.91. The molecule has 1 N–H and O–H groups in total. The van der Waals surface area contributed by atoms with Crippen LogP contribution >= 0.6 is 0 Å². The summed E-state index contributed by atoms with van der Waals surface area (Å²) in [5, 5.41) is 20.9. The van der Waals surface area contributed by atoms with Crippen molar-refractivity contribution in [3.05, 3.63) is 53.6 Å². The standard InChI is InChI=1S/C17H17NO5/c1-22-8-9-23-16-7-6-13(10-14(16)17(20)21)18-11-12-4-2-3-5-15(12)19/h2-7,10-11,19H,8-9H2,1H3,(H,20,21)/p-1. The summed E-state index contributed by atoms with van der Waals surface area (Å²) >= 11 is 0. The van der Waals surface area contributed by atoms with E-state index in [0.29, 0.717) is 17.9 Å². The lowest BCUT2D eigenvalue weighted by molar-refractivity contribution is -0.268. The second-order valence-electron chi connectivity index (χ2n) is 4.62. The van der Waals surface area contributed by atoms with Gasteiger partial charge >= 0.3 is 5.97 Å². The molecule has 0 saturated carbocycles. The first-order valence-corrected chi connectivity index (χ1v) is 6.91. The van der Waals surface area contributed by atoms with Gasteiger partial charge in [-0.2, -0.15) is 0 Å². The van der Waals surface area contributed by atoms with Crippen LogP contribution in [0.25, 0.3) is 0 Å². The summed E-state index contributed by atoms with van der Waals surface area (Å²) in [5.41, 5.74) is 0.862. The number of methoxy groups -OCH3 is 1. The van der Waals surface area contributed by atoms with Gasteiger partial charge in [0.25, 0.3) is 0 Å². The minimum atomic E-state index is -1.11. The third-order valence-corrected chi connectivity index (χ3v) is 3.01. The minimum absolute atomic E-state index is 0.00571. The number of hydrogen-bond donors (Lipinski definition) is 1. The Morgan fingerprint density at radius 2 is 2.04 bits per heavy atom. The van der Waals surface area contributed by atoms with Crippen LogP contribution in [0, 0.1) is 0 Å². The Morgan fingerprint density at radius 1 is 1.26 bits per heavy atom. The summed E-state index contributed by atoms with van der Waals surface area (Å²) in [6, 6.07) is 11.0. The van der Waals surface area contributed by atoms with Gasteiger partial charge in [-0.25, -0.2) is 4.79 Å². The Balaban J connectivity index is 2.22. The van der Waals surface area contributed by atoms with E-state index in [2.05, 4.69) is 4.99 Å². The Labute approximate surface area is 133 Å². The van der Waals surface area contributed by atoms with Crippen molar-refractivity contribution < 1.29 is 24.5 Å². The van der Waals surface area contributed by atoms with Gasteiger partial charge in [0.05, 0.1) is 12.3 Å². The van der Waals surface area contributed by atoms with Crippen LogP contribution in [0.1, 0.15) is 15.9 Å². The van der Waals surface area contributed by atoms with Gasteiger partial charge in [-0.05, 0) is 23.8 Å².